The Hall–Kier alpha value is -1.42. The van der Waals surface area contributed by atoms with Crippen LogP contribution in [-0.2, 0) is 10.0 Å². The molecular weight excluding hydrogens is 334 g/mol. The number of piperazine rings is 1. The van der Waals surface area contributed by atoms with Gasteiger partial charge in [0.1, 0.15) is 10.6 Å². The standard InChI is InChI=1S/C12H17N3O5S.ClH/c1-9-8-13-5-6-14(9)21(18,19)12-4-3-10(15(16)17)7-11(12)20-2;/h3-4,7,9,13H,5-6,8H2,1-2H3;1H. The van der Waals surface area contributed by atoms with E-state index in [1.54, 1.807) is 0 Å². The molecule has 0 amide bonds. The molecule has 22 heavy (non-hydrogen) atoms. The number of hydrogen-bond acceptors (Lipinski definition) is 6. The Morgan fingerprint density at radius 3 is 2.68 bits per heavy atom. The first-order valence-electron chi connectivity index (χ1n) is 6.43. The van der Waals surface area contributed by atoms with Crippen LogP contribution in [0.4, 0.5) is 5.69 Å². The van der Waals surface area contributed by atoms with Crippen molar-refractivity contribution in [2.24, 2.45) is 0 Å². The van der Waals surface area contributed by atoms with Crippen molar-refractivity contribution in [1.29, 1.82) is 0 Å². The molecule has 124 valence electrons. The lowest BCUT2D eigenvalue weighted by Crippen LogP contribution is -2.52. The quantitative estimate of drug-likeness (QED) is 0.641. The summed E-state index contributed by atoms with van der Waals surface area (Å²) >= 11 is 0. The minimum atomic E-state index is -3.75. The van der Waals surface area contributed by atoms with Crippen molar-refractivity contribution in [3.63, 3.8) is 0 Å². The van der Waals surface area contributed by atoms with Crippen molar-refractivity contribution in [2.75, 3.05) is 26.7 Å². The molecule has 0 spiro atoms. The molecule has 0 saturated carbocycles. The zero-order chi connectivity index (χ0) is 15.6. The third-order valence-corrected chi connectivity index (χ3v) is 5.44. The first-order chi connectivity index (χ1) is 9.87. The van der Waals surface area contributed by atoms with Gasteiger partial charge in [0, 0.05) is 31.7 Å². The maximum absolute atomic E-state index is 12.7. The third kappa shape index (κ3) is 3.49. The van der Waals surface area contributed by atoms with Gasteiger partial charge >= 0.3 is 0 Å². The third-order valence-electron chi connectivity index (χ3n) is 3.38. The van der Waals surface area contributed by atoms with Crippen LogP contribution in [-0.4, -0.2) is 50.4 Å². The second-order valence-electron chi connectivity index (χ2n) is 4.76. The fourth-order valence-electron chi connectivity index (χ4n) is 2.29. The number of non-ortho nitro benzene ring substituents is 1. The van der Waals surface area contributed by atoms with Gasteiger partial charge in [-0.1, -0.05) is 0 Å². The number of halogens is 1. The highest BCUT2D eigenvalue weighted by atomic mass is 35.5. The molecule has 1 unspecified atom stereocenters. The van der Waals surface area contributed by atoms with Crippen LogP contribution in [0.2, 0.25) is 0 Å². The fraction of sp³-hybridized carbons (Fsp3) is 0.500. The van der Waals surface area contributed by atoms with Crippen molar-refractivity contribution in [1.82, 2.24) is 9.62 Å². The van der Waals surface area contributed by atoms with Gasteiger partial charge in [0.2, 0.25) is 10.0 Å². The van der Waals surface area contributed by atoms with Gasteiger partial charge in [-0.25, -0.2) is 8.42 Å². The van der Waals surface area contributed by atoms with Gasteiger partial charge in [0.15, 0.2) is 0 Å². The predicted molar refractivity (Wildman–Crippen MR) is 83.1 cm³/mol. The molecule has 1 N–H and O–H groups in total. The lowest BCUT2D eigenvalue weighted by molar-refractivity contribution is -0.385. The van der Waals surface area contributed by atoms with E-state index in [2.05, 4.69) is 5.32 Å². The van der Waals surface area contributed by atoms with E-state index in [1.807, 2.05) is 6.92 Å². The van der Waals surface area contributed by atoms with Crippen molar-refractivity contribution in [3.8, 4) is 5.75 Å². The van der Waals surface area contributed by atoms with Crippen LogP contribution < -0.4 is 10.1 Å². The van der Waals surface area contributed by atoms with E-state index in [4.69, 9.17) is 4.74 Å². The number of ether oxygens (including phenoxy) is 1. The van der Waals surface area contributed by atoms with E-state index in [0.29, 0.717) is 19.6 Å². The second kappa shape index (κ2) is 7.23. The van der Waals surface area contributed by atoms with Gasteiger partial charge in [0.25, 0.3) is 5.69 Å². The van der Waals surface area contributed by atoms with Gasteiger partial charge in [0.05, 0.1) is 18.1 Å². The maximum atomic E-state index is 12.7. The first kappa shape index (κ1) is 18.6. The summed E-state index contributed by atoms with van der Waals surface area (Å²) in [5.74, 6) is -0.0186. The number of rotatable bonds is 4. The molecule has 0 bridgehead atoms. The minimum Gasteiger partial charge on any atom is -0.495 e. The summed E-state index contributed by atoms with van der Waals surface area (Å²) in [6.45, 7) is 3.29. The van der Waals surface area contributed by atoms with Crippen LogP contribution in [0.3, 0.4) is 0 Å². The van der Waals surface area contributed by atoms with Crippen LogP contribution in [0.5, 0.6) is 5.75 Å². The van der Waals surface area contributed by atoms with Gasteiger partial charge in [-0.15, -0.1) is 12.4 Å². The highest BCUT2D eigenvalue weighted by Gasteiger charge is 2.33. The van der Waals surface area contributed by atoms with E-state index in [-0.39, 0.29) is 34.8 Å². The lowest BCUT2D eigenvalue weighted by Gasteiger charge is -2.33. The number of nitro benzene ring substituents is 1. The average Bonchev–Trinajstić information content (AvgIpc) is 2.46. The molecule has 1 aliphatic rings. The minimum absolute atomic E-state index is 0. The molecule has 1 atom stereocenters. The number of benzene rings is 1. The molecular formula is C12H18ClN3O5S. The number of methoxy groups -OCH3 is 1. The maximum Gasteiger partial charge on any atom is 0.273 e. The summed E-state index contributed by atoms with van der Waals surface area (Å²) in [7, 11) is -2.46. The van der Waals surface area contributed by atoms with E-state index in [1.165, 1.54) is 23.5 Å². The summed E-state index contributed by atoms with van der Waals surface area (Å²) in [5, 5.41) is 13.9. The Morgan fingerprint density at radius 2 is 2.14 bits per heavy atom. The molecule has 1 aliphatic heterocycles. The van der Waals surface area contributed by atoms with E-state index < -0.39 is 14.9 Å². The highest BCUT2D eigenvalue weighted by molar-refractivity contribution is 7.89. The molecule has 8 nitrogen and oxygen atoms in total. The zero-order valence-electron chi connectivity index (χ0n) is 12.2. The van der Waals surface area contributed by atoms with Crippen LogP contribution in [0.1, 0.15) is 6.92 Å². The number of nitro groups is 1. The van der Waals surface area contributed by atoms with E-state index >= 15 is 0 Å². The fourth-order valence-corrected chi connectivity index (χ4v) is 4.06. The van der Waals surface area contributed by atoms with Crippen LogP contribution in [0.15, 0.2) is 23.1 Å². The normalized spacial score (nSPS) is 19.3. The van der Waals surface area contributed by atoms with Crippen LogP contribution >= 0.6 is 12.4 Å². The number of nitrogens with one attached hydrogen (secondary N) is 1. The summed E-state index contributed by atoms with van der Waals surface area (Å²) < 4.78 is 31.8. The first-order valence-corrected chi connectivity index (χ1v) is 7.87. The molecule has 2 rings (SSSR count). The molecule has 0 aliphatic carbocycles. The van der Waals surface area contributed by atoms with Gasteiger partial charge in [-0.3, -0.25) is 10.1 Å². The summed E-state index contributed by atoms with van der Waals surface area (Å²) in [4.78, 5) is 10.1. The summed E-state index contributed by atoms with van der Waals surface area (Å²) in [5.41, 5.74) is -0.209. The van der Waals surface area contributed by atoms with Gasteiger partial charge < -0.3 is 10.1 Å². The largest absolute Gasteiger partial charge is 0.495 e. The Kier molecular flexibility index (Phi) is 6.12. The second-order valence-corrected chi connectivity index (χ2v) is 6.62. The van der Waals surface area contributed by atoms with Crippen molar-refractivity contribution >= 4 is 28.1 Å². The smallest absolute Gasteiger partial charge is 0.273 e. The summed E-state index contributed by atoms with van der Waals surface area (Å²) in [6.07, 6.45) is 0. The lowest BCUT2D eigenvalue weighted by atomic mass is 10.3. The highest BCUT2D eigenvalue weighted by Crippen LogP contribution is 2.31. The zero-order valence-corrected chi connectivity index (χ0v) is 13.8. The van der Waals surface area contributed by atoms with Crippen molar-refractivity contribution in [2.45, 2.75) is 17.9 Å². The molecule has 1 saturated heterocycles. The number of hydrogen-bond donors (Lipinski definition) is 1. The topological polar surface area (TPSA) is 102 Å². The Labute approximate surface area is 135 Å². The number of sulfonamides is 1. The number of nitrogens with zero attached hydrogens (tertiary/aromatic N) is 2. The van der Waals surface area contributed by atoms with Crippen molar-refractivity contribution < 1.29 is 18.1 Å². The molecule has 1 heterocycles. The molecule has 0 radical (unpaired) electrons. The predicted octanol–water partition coefficient (Wildman–Crippen LogP) is 1.01. The van der Waals surface area contributed by atoms with Gasteiger partial charge in [-0.05, 0) is 13.0 Å². The van der Waals surface area contributed by atoms with E-state index in [0.717, 1.165) is 6.07 Å². The van der Waals surface area contributed by atoms with Crippen LogP contribution in [0.25, 0.3) is 0 Å². The molecule has 1 fully saturated rings. The molecule has 0 aromatic heterocycles. The van der Waals surface area contributed by atoms with Crippen molar-refractivity contribution in [3.05, 3.63) is 28.3 Å². The Bertz CT molecular complexity index is 652. The SMILES string of the molecule is COc1cc([N+](=O)[O-])ccc1S(=O)(=O)N1CCNCC1C.Cl. The van der Waals surface area contributed by atoms with Crippen LogP contribution in [0, 0.1) is 10.1 Å². The molecule has 1 aromatic rings. The summed E-state index contributed by atoms with van der Waals surface area (Å²) in [6, 6.07) is 3.33. The Balaban J connectivity index is 0.00000242. The van der Waals surface area contributed by atoms with Gasteiger partial charge in [-0.2, -0.15) is 4.31 Å². The Morgan fingerprint density at radius 1 is 1.45 bits per heavy atom. The molecule has 10 heteroatoms. The molecule has 1 aromatic carbocycles. The monoisotopic (exact) mass is 351 g/mol. The van der Waals surface area contributed by atoms with E-state index in [9.17, 15) is 18.5 Å². The average molecular weight is 352 g/mol.